The fourth-order valence-corrected chi connectivity index (χ4v) is 4.55. The summed E-state index contributed by atoms with van der Waals surface area (Å²) in [7, 11) is 1.63. The molecule has 1 amide bonds. The summed E-state index contributed by atoms with van der Waals surface area (Å²) >= 11 is 6.21. The van der Waals surface area contributed by atoms with E-state index in [4.69, 9.17) is 20.8 Å². The highest BCUT2D eigenvalue weighted by atomic mass is 35.5. The summed E-state index contributed by atoms with van der Waals surface area (Å²) in [6, 6.07) is 21.0. The van der Waals surface area contributed by atoms with E-state index in [0.717, 1.165) is 35.1 Å². The molecule has 7 heteroatoms. The number of carbonyl (C=O) groups excluding carboxylic acids is 1. The molecule has 1 fully saturated rings. The molecule has 178 valence electrons. The number of aromatic nitrogens is 1. The van der Waals surface area contributed by atoms with Crippen LogP contribution in [0.2, 0.25) is 5.02 Å². The lowest BCUT2D eigenvalue weighted by molar-refractivity contribution is 0.0747. The Morgan fingerprint density at radius 2 is 1.74 bits per heavy atom. The van der Waals surface area contributed by atoms with Crippen LogP contribution < -0.4 is 9.64 Å². The van der Waals surface area contributed by atoms with Gasteiger partial charge < -0.3 is 19.0 Å². The fourth-order valence-electron chi connectivity index (χ4n) is 4.39. The summed E-state index contributed by atoms with van der Waals surface area (Å²) in [6.45, 7) is 4.82. The summed E-state index contributed by atoms with van der Waals surface area (Å²) in [5.74, 6) is 1.81. The number of ether oxygens (including phenoxy) is 1. The molecule has 35 heavy (non-hydrogen) atoms. The topological polar surface area (TPSA) is 58.8 Å². The van der Waals surface area contributed by atoms with Crippen molar-refractivity contribution in [2.45, 2.75) is 6.92 Å². The first-order valence-corrected chi connectivity index (χ1v) is 11.9. The van der Waals surface area contributed by atoms with Gasteiger partial charge in [0.1, 0.15) is 5.75 Å². The summed E-state index contributed by atoms with van der Waals surface area (Å²) in [5, 5.41) is 0.720. The maximum Gasteiger partial charge on any atom is 0.254 e. The van der Waals surface area contributed by atoms with Crippen LogP contribution in [0.5, 0.6) is 5.75 Å². The van der Waals surface area contributed by atoms with Crippen molar-refractivity contribution in [3.8, 4) is 28.5 Å². The largest absolute Gasteiger partial charge is 0.497 e. The van der Waals surface area contributed by atoms with Gasteiger partial charge in [-0.05, 0) is 61.0 Å². The normalized spacial score (nSPS) is 13.7. The molecule has 0 aliphatic carbocycles. The highest BCUT2D eigenvalue weighted by Gasteiger charge is 2.26. The zero-order valence-electron chi connectivity index (χ0n) is 19.7. The number of benzene rings is 3. The number of piperazine rings is 1. The smallest absolute Gasteiger partial charge is 0.254 e. The molecule has 3 aromatic carbocycles. The van der Waals surface area contributed by atoms with E-state index in [2.05, 4.69) is 16.8 Å². The van der Waals surface area contributed by atoms with Crippen LogP contribution in [0.25, 0.3) is 22.8 Å². The number of oxazole rings is 1. The number of amides is 1. The van der Waals surface area contributed by atoms with Gasteiger partial charge in [-0.1, -0.05) is 29.8 Å². The Bertz CT molecular complexity index is 1340. The van der Waals surface area contributed by atoms with Crippen molar-refractivity contribution in [3.05, 3.63) is 89.1 Å². The Balaban J connectivity index is 1.34. The van der Waals surface area contributed by atoms with Crippen LogP contribution in [0.15, 0.2) is 77.3 Å². The number of hydrogen-bond donors (Lipinski definition) is 0. The highest BCUT2D eigenvalue weighted by Crippen LogP contribution is 2.30. The van der Waals surface area contributed by atoms with Crippen molar-refractivity contribution in [3.63, 3.8) is 0 Å². The van der Waals surface area contributed by atoms with Gasteiger partial charge in [0.05, 0.1) is 18.9 Å². The number of aryl methyl sites for hydroxylation is 1. The number of methoxy groups -OCH3 is 1. The van der Waals surface area contributed by atoms with Crippen LogP contribution in [-0.4, -0.2) is 49.1 Å². The minimum atomic E-state index is -0.0211. The quantitative estimate of drug-likeness (QED) is 0.348. The van der Waals surface area contributed by atoms with Crippen LogP contribution in [0.3, 0.4) is 0 Å². The van der Waals surface area contributed by atoms with Crippen LogP contribution in [-0.2, 0) is 0 Å². The molecule has 1 aromatic heterocycles. The Kier molecular flexibility index (Phi) is 6.47. The van der Waals surface area contributed by atoms with E-state index >= 15 is 0 Å². The van der Waals surface area contributed by atoms with Crippen LogP contribution >= 0.6 is 11.6 Å². The maximum absolute atomic E-state index is 13.5. The van der Waals surface area contributed by atoms with Crippen molar-refractivity contribution < 1.29 is 13.9 Å². The van der Waals surface area contributed by atoms with Gasteiger partial charge in [0.15, 0.2) is 5.76 Å². The lowest BCUT2D eigenvalue weighted by Gasteiger charge is -2.37. The molecule has 1 aliphatic rings. The van der Waals surface area contributed by atoms with E-state index in [1.165, 1.54) is 5.56 Å². The summed E-state index contributed by atoms with van der Waals surface area (Å²) < 4.78 is 11.3. The minimum absolute atomic E-state index is 0.0211. The molecule has 2 heterocycles. The third kappa shape index (κ3) is 4.75. The standard InChI is InChI=1S/C28H26ClN3O3/c1-19-7-10-21(29)17-25(19)31-13-15-32(16-14-31)28(33)24-6-4-3-5-23(24)27-30-18-26(35-27)20-8-11-22(34-2)12-9-20/h3-12,17-18H,13-16H2,1-2H3. The Morgan fingerprint density at radius 3 is 2.49 bits per heavy atom. The van der Waals surface area contributed by atoms with E-state index in [1.54, 1.807) is 13.3 Å². The second kappa shape index (κ2) is 9.84. The Hall–Kier alpha value is -3.77. The maximum atomic E-state index is 13.5. The predicted octanol–water partition coefficient (Wildman–Crippen LogP) is 5.94. The van der Waals surface area contributed by atoms with Crippen molar-refractivity contribution in [2.75, 3.05) is 38.2 Å². The van der Waals surface area contributed by atoms with Gasteiger partial charge >= 0.3 is 0 Å². The average Bonchev–Trinajstić information content (AvgIpc) is 3.40. The van der Waals surface area contributed by atoms with Crippen molar-refractivity contribution >= 4 is 23.2 Å². The molecule has 0 bridgehead atoms. The molecule has 6 nitrogen and oxygen atoms in total. The fraction of sp³-hybridized carbons (Fsp3) is 0.214. The van der Waals surface area contributed by atoms with Crippen LogP contribution in [0, 0.1) is 6.92 Å². The second-order valence-corrected chi connectivity index (χ2v) is 8.95. The van der Waals surface area contributed by atoms with E-state index < -0.39 is 0 Å². The molecule has 0 radical (unpaired) electrons. The monoisotopic (exact) mass is 487 g/mol. The first-order chi connectivity index (χ1) is 17.0. The zero-order valence-corrected chi connectivity index (χ0v) is 20.5. The zero-order chi connectivity index (χ0) is 24.4. The van der Waals surface area contributed by atoms with Gasteiger partial charge in [-0.3, -0.25) is 4.79 Å². The Labute approximate surface area is 209 Å². The van der Waals surface area contributed by atoms with Crippen LogP contribution in [0.4, 0.5) is 5.69 Å². The van der Waals surface area contributed by atoms with Gasteiger partial charge in [-0.25, -0.2) is 4.98 Å². The average molecular weight is 488 g/mol. The summed E-state index contributed by atoms with van der Waals surface area (Å²) in [6.07, 6.45) is 1.69. The second-order valence-electron chi connectivity index (χ2n) is 8.51. The highest BCUT2D eigenvalue weighted by molar-refractivity contribution is 6.30. The summed E-state index contributed by atoms with van der Waals surface area (Å²) in [5.41, 5.74) is 4.46. The van der Waals surface area contributed by atoms with E-state index in [9.17, 15) is 4.79 Å². The molecule has 4 aromatic rings. The van der Waals surface area contributed by atoms with Gasteiger partial charge in [-0.15, -0.1) is 0 Å². The van der Waals surface area contributed by atoms with Crippen molar-refractivity contribution in [1.29, 1.82) is 0 Å². The molecule has 0 unspecified atom stereocenters. The summed E-state index contributed by atoms with van der Waals surface area (Å²) in [4.78, 5) is 22.2. The molecule has 1 aliphatic heterocycles. The van der Waals surface area contributed by atoms with E-state index in [1.807, 2.05) is 71.6 Å². The van der Waals surface area contributed by atoms with Gasteiger partial charge in [-0.2, -0.15) is 0 Å². The molecule has 5 rings (SSSR count). The van der Waals surface area contributed by atoms with Gasteiger partial charge in [0.2, 0.25) is 5.89 Å². The van der Waals surface area contributed by atoms with Crippen LogP contribution in [0.1, 0.15) is 15.9 Å². The third-order valence-corrected chi connectivity index (χ3v) is 6.58. The van der Waals surface area contributed by atoms with Gasteiger partial charge in [0.25, 0.3) is 5.91 Å². The molecular formula is C28H26ClN3O3. The number of carbonyl (C=O) groups is 1. The lowest BCUT2D eigenvalue weighted by Crippen LogP contribution is -2.49. The van der Waals surface area contributed by atoms with Crippen molar-refractivity contribution in [2.24, 2.45) is 0 Å². The molecular weight excluding hydrogens is 462 g/mol. The van der Waals surface area contributed by atoms with E-state index in [0.29, 0.717) is 35.9 Å². The SMILES string of the molecule is COc1ccc(-c2cnc(-c3ccccc3C(=O)N3CCN(c4cc(Cl)ccc4C)CC3)o2)cc1. The molecule has 1 saturated heterocycles. The first kappa shape index (κ1) is 23.0. The van der Waals surface area contributed by atoms with Gasteiger partial charge in [0, 0.05) is 48.0 Å². The Morgan fingerprint density at radius 1 is 1.00 bits per heavy atom. The third-order valence-electron chi connectivity index (χ3n) is 6.35. The lowest BCUT2D eigenvalue weighted by atomic mass is 10.1. The first-order valence-electron chi connectivity index (χ1n) is 11.5. The molecule has 0 N–H and O–H groups in total. The molecule has 0 atom stereocenters. The molecule has 0 spiro atoms. The number of nitrogens with zero attached hydrogens (tertiary/aromatic N) is 3. The molecule has 0 saturated carbocycles. The van der Waals surface area contributed by atoms with Crippen molar-refractivity contribution in [1.82, 2.24) is 9.88 Å². The number of halogens is 1. The van der Waals surface area contributed by atoms with E-state index in [-0.39, 0.29) is 5.91 Å². The predicted molar refractivity (Wildman–Crippen MR) is 138 cm³/mol. The minimum Gasteiger partial charge on any atom is -0.497 e. The number of rotatable bonds is 5. The number of hydrogen-bond acceptors (Lipinski definition) is 5. The number of anilines is 1.